The number of halogens is 1. The number of amides is 1. The van der Waals surface area contributed by atoms with Gasteiger partial charge < -0.3 is 14.7 Å². The summed E-state index contributed by atoms with van der Waals surface area (Å²) in [7, 11) is 1.54. The van der Waals surface area contributed by atoms with E-state index < -0.39 is 0 Å². The van der Waals surface area contributed by atoms with Gasteiger partial charge in [-0.05, 0) is 55.3 Å². The van der Waals surface area contributed by atoms with E-state index in [1.807, 2.05) is 47.4 Å². The Morgan fingerprint density at radius 2 is 1.72 bits per heavy atom. The summed E-state index contributed by atoms with van der Waals surface area (Å²) in [4.78, 5) is 17.5. The van der Waals surface area contributed by atoms with Gasteiger partial charge in [-0.3, -0.25) is 9.69 Å². The summed E-state index contributed by atoms with van der Waals surface area (Å²) in [5.41, 5.74) is 2.13. The Bertz CT molecular complexity index is 1050. The first-order valence-corrected chi connectivity index (χ1v) is 10.8. The molecule has 0 unspecified atom stereocenters. The number of carbonyl (C=O) groups is 1. The minimum atomic E-state index is -0.359. The number of phenols is 1. The van der Waals surface area contributed by atoms with E-state index in [-0.39, 0.29) is 23.5 Å². The number of nitrogens with zero attached hydrogens (tertiary/aromatic N) is 2. The number of benzene rings is 3. The third kappa shape index (κ3) is 4.75. The second-order valence-electron chi connectivity index (χ2n) is 7.99. The minimum Gasteiger partial charge on any atom is -0.504 e. The van der Waals surface area contributed by atoms with Crippen LogP contribution in [0.2, 0.25) is 0 Å². The zero-order valence-electron chi connectivity index (χ0n) is 18.1. The highest BCUT2D eigenvalue weighted by atomic mass is 19.1. The molecule has 1 fully saturated rings. The Morgan fingerprint density at radius 3 is 2.38 bits per heavy atom. The second-order valence-corrected chi connectivity index (χ2v) is 7.99. The monoisotopic (exact) mass is 434 g/mol. The van der Waals surface area contributed by atoms with Crippen LogP contribution in [-0.4, -0.2) is 42.2 Å². The second kappa shape index (κ2) is 9.83. The molecule has 0 aliphatic carbocycles. The van der Waals surface area contributed by atoms with E-state index in [4.69, 9.17) is 4.74 Å². The van der Waals surface area contributed by atoms with Gasteiger partial charge in [0.25, 0.3) is 5.91 Å². The number of phenolic OH excluding ortho intramolecular Hbond substituents is 1. The van der Waals surface area contributed by atoms with Crippen LogP contribution < -0.4 is 9.64 Å². The van der Waals surface area contributed by atoms with Crippen LogP contribution in [-0.2, 0) is 6.54 Å². The lowest BCUT2D eigenvalue weighted by molar-refractivity contribution is 0.0958. The summed E-state index contributed by atoms with van der Waals surface area (Å²) >= 11 is 0. The van der Waals surface area contributed by atoms with Crippen molar-refractivity contribution in [3.8, 4) is 11.5 Å². The predicted octanol–water partition coefficient (Wildman–Crippen LogP) is 4.85. The van der Waals surface area contributed by atoms with E-state index in [9.17, 15) is 14.3 Å². The molecule has 3 aromatic rings. The van der Waals surface area contributed by atoms with E-state index in [2.05, 4.69) is 4.90 Å². The molecule has 3 aromatic carbocycles. The molecule has 0 bridgehead atoms. The van der Waals surface area contributed by atoms with Gasteiger partial charge in [-0.1, -0.05) is 30.3 Å². The summed E-state index contributed by atoms with van der Waals surface area (Å²) in [5.74, 6) is 0.161. The molecule has 1 N–H and O–H groups in total. The number of para-hydroxylation sites is 2. The summed E-state index contributed by atoms with van der Waals surface area (Å²) in [6.45, 7) is 2.20. The van der Waals surface area contributed by atoms with Gasteiger partial charge in [-0.25, -0.2) is 4.39 Å². The molecular formula is C26H27FN2O3. The van der Waals surface area contributed by atoms with E-state index >= 15 is 0 Å². The summed E-state index contributed by atoms with van der Waals surface area (Å²) in [6.07, 6.45) is 1.60. The van der Waals surface area contributed by atoms with Gasteiger partial charge >= 0.3 is 0 Å². The fraction of sp³-hybridized carbons (Fsp3) is 0.269. The Morgan fingerprint density at radius 1 is 1.03 bits per heavy atom. The lowest BCUT2D eigenvalue weighted by Crippen LogP contribution is -2.47. The maximum Gasteiger partial charge on any atom is 0.258 e. The molecule has 166 valence electrons. The van der Waals surface area contributed by atoms with E-state index in [1.54, 1.807) is 13.2 Å². The number of anilines is 1. The third-order valence-corrected chi connectivity index (χ3v) is 5.96. The number of piperidine rings is 1. The maximum absolute atomic E-state index is 13.4. The fourth-order valence-electron chi connectivity index (χ4n) is 4.25. The highest BCUT2D eigenvalue weighted by Crippen LogP contribution is 2.32. The Labute approximate surface area is 187 Å². The molecular weight excluding hydrogens is 407 g/mol. The van der Waals surface area contributed by atoms with Gasteiger partial charge in [0.2, 0.25) is 0 Å². The van der Waals surface area contributed by atoms with Crippen molar-refractivity contribution >= 4 is 11.6 Å². The Hall–Kier alpha value is -3.38. The number of carbonyl (C=O) groups excluding carboxylic acids is 1. The molecule has 0 saturated carbocycles. The molecule has 1 aliphatic rings. The normalized spacial score (nSPS) is 14.8. The average molecular weight is 435 g/mol. The van der Waals surface area contributed by atoms with Gasteiger partial charge in [-0.2, -0.15) is 0 Å². The summed E-state index contributed by atoms with van der Waals surface area (Å²) < 4.78 is 18.6. The number of aromatic hydroxyl groups is 1. The topological polar surface area (TPSA) is 53.0 Å². The number of likely N-dealkylation sites (tertiary alicyclic amines) is 1. The first-order chi connectivity index (χ1) is 15.6. The van der Waals surface area contributed by atoms with Crippen LogP contribution in [0.25, 0.3) is 0 Å². The van der Waals surface area contributed by atoms with Crippen LogP contribution >= 0.6 is 0 Å². The predicted molar refractivity (Wildman–Crippen MR) is 123 cm³/mol. The smallest absolute Gasteiger partial charge is 0.258 e. The van der Waals surface area contributed by atoms with Crippen molar-refractivity contribution in [3.63, 3.8) is 0 Å². The summed E-state index contributed by atoms with van der Waals surface area (Å²) in [5, 5.41) is 10.4. The van der Waals surface area contributed by atoms with Crippen molar-refractivity contribution in [1.29, 1.82) is 0 Å². The van der Waals surface area contributed by atoms with Gasteiger partial charge in [-0.15, -0.1) is 0 Å². The molecule has 0 aromatic heterocycles. The van der Waals surface area contributed by atoms with Crippen LogP contribution in [0.3, 0.4) is 0 Å². The quantitative estimate of drug-likeness (QED) is 0.603. The zero-order valence-corrected chi connectivity index (χ0v) is 18.1. The van der Waals surface area contributed by atoms with E-state index in [1.165, 1.54) is 24.3 Å². The Kier molecular flexibility index (Phi) is 6.71. The van der Waals surface area contributed by atoms with Crippen LogP contribution in [0.1, 0.15) is 28.8 Å². The first-order valence-electron chi connectivity index (χ1n) is 10.8. The van der Waals surface area contributed by atoms with Gasteiger partial charge in [0.1, 0.15) is 5.82 Å². The number of methoxy groups -OCH3 is 1. The lowest BCUT2D eigenvalue weighted by Gasteiger charge is -2.38. The highest BCUT2D eigenvalue weighted by Gasteiger charge is 2.30. The van der Waals surface area contributed by atoms with Gasteiger partial charge in [0.15, 0.2) is 11.5 Å². The molecule has 5 nitrogen and oxygen atoms in total. The Balaban J connectivity index is 1.49. The molecule has 1 saturated heterocycles. The molecule has 6 heteroatoms. The largest absolute Gasteiger partial charge is 0.504 e. The highest BCUT2D eigenvalue weighted by molar-refractivity contribution is 6.06. The third-order valence-electron chi connectivity index (χ3n) is 5.96. The van der Waals surface area contributed by atoms with Crippen molar-refractivity contribution in [2.45, 2.75) is 25.4 Å². The number of ether oxygens (including phenoxy) is 1. The van der Waals surface area contributed by atoms with Gasteiger partial charge in [0.05, 0.1) is 7.11 Å². The fourth-order valence-corrected chi connectivity index (χ4v) is 4.25. The van der Waals surface area contributed by atoms with Gasteiger partial charge in [0, 0.05) is 42.5 Å². The standard InChI is InChI=1S/C26H27FN2O3/c1-32-24-9-5-6-20(25(24)30)18-28-16-14-23(15-17-28)29(22-7-3-2-4-8-22)26(31)19-10-12-21(27)13-11-19/h2-13,23,30H,14-18H2,1H3. The minimum absolute atomic E-state index is 0.0325. The van der Waals surface area contributed by atoms with Crippen LogP contribution in [0, 0.1) is 5.82 Å². The molecule has 1 aliphatic heterocycles. The molecule has 1 heterocycles. The summed E-state index contributed by atoms with van der Waals surface area (Å²) in [6, 6.07) is 20.9. The van der Waals surface area contributed by atoms with Crippen molar-refractivity contribution < 1.29 is 19.0 Å². The first kappa shape index (κ1) is 21.8. The average Bonchev–Trinajstić information content (AvgIpc) is 2.83. The van der Waals surface area contributed by atoms with Crippen molar-refractivity contribution in [3.05, 3.63) is 89.7 Å². The van der Waals surface area contributed by atoms with E-state index in [0.717, 1.165) is 37.2 Å². The number of rotatable bonds is 6. The van der Waals surface area contributed by atoms with E-state index in [0.29, 0.717) is 17.9 Å². The van der Waals surface area contributed by atoms with Crippen molar-refractivity contribution in [2.75, 3.05) is 25.1 Å². The van der Waals surface area contributed by atoms with Crippen LogP contribution in [0.4, 0.5) is 10.1 Å². The van der Waals surface area contributed by atoms with Crippen LogP contribution in [0.15, 0.2) is 72.8 Å². The zero-order chi connectivity index (χ0) is 22.5. The maximum atomic E-state index is 13.4. The van der Waals surface area contributed by atoms with Crippen molar-refractivity contribution in [1.82, 2.24) is 4.90 Å². The molecule has 0 atom stereocenters. The molecule has 0 radical (unpaired) electrons. The molecule has 0 spiro atoms. The number of hydrogen-bond donors (Lipinski definition) is 1. The lowest BCUT2D eigenvalue weighted by atomic mass is 10.00. The molecule has 4 rings (SSSR count). The van der Waals surface area contributed by atoms with Crippen LogP contribution in [0.5, 0.6) is 11.5 Å². The number of hydrogen-bond acceptors (Lipinski definition) is 4. The molecule has 1 amide bonds. The SMILES string of the molecule is COc1cccc(CN2CCC(N(C(=O)c3ccc(F)cc3)c3ccccc3)CC2)c1O. The molecule has 32 heavy (non-hydrogen) atoms. The van der Waals surface area contributed by atoms with Crippen molar-refractivity contribution in [2.24, 2.45) is 0 Å².